The molecule has 0 saturated carbocycles. The van der Waals surface area contributed by atoms with E-state index in [1.54, 1.807) is 10.6 Å². The molecule has 8 nitrogen and oxygen atoms in total. The van der Waals surface area contributed by atoms with Crippen LogP contribution in [0, 0.1) is 10.1 Å². The first-order valence-electron chi connectivity index (χ1n) is 8.06. The average Bonchev–Trinajstić information content (AvgIpc) is 3.06. The zero-order valence-corrected chi connectivity index (χ0v) is 16.2. The van der Waals surface area contributed by atoms with Crippen LogP contribution >= 0.6 is 23.2 Å². The van der Waals surface area contributed by atoms with E-state index in [-0.39, 0.29) is 15.9 Å². The maximum Gasteiger partial charge on any atom is 0.270 e. The molecule has 140 valence electrons. The third-order valence-corrected chi connectivity index (χ3v) is 4.52. The summed E-state index contributed by atoms with van der Waals surface area (Å²) >= 11 is 12.8. The van der Waals surface area contributed by atoms with E-state index in [2.05, 4.69) is 21.6 Å². The Labute approximate surface area is 165 Å². The Bertz CT molecular complexity index is 1050. The fourth-order valence-corrected chi connectivity index (χ4v) is 3.34. The topological polar surface area (TPSA) is 89.5 Å². The van der Waals surface area contributed by atoms with Crippen LogP contribution in [0.15, 0.2) is 36.7 Å². The second-order valence-corrected chi connectivity index (χ2v) is 6.73. The van der Waals surface area contributed by atoms with Crippen molar-refractivity contribution in [1.29, 1.82) is 0 Å². The monoisotopic (exact) mass is 406 g/mol. The number of hydrogen-bond donors (Lipinski definition) is 0. The zero-order chi connectivity index (χ0) is 19.7. The Morgan fingerprint density at radius 2 is 2.15 bits per heavy atom. The van der Waals surface area contributed by atoms with Gasteiger partial charge in [0.05, 0.1) is 15.5 Å². The van der Waals surface area contributed by atoms with E-state index in [0.29, 0.717) is 35.8 Å². The van der Waals surface area contributed by atoms with Crippen LogP contribution < -0.4 is 4.90 Å². The molecule has 10 heteroatoms. The summed E-state index contributed by atoms with van der Waals surface area (Å²) in [5.74, 6) is 0.987. The van der Waals surface area contributed by atoms with Gasteiger partial charge in [0.25, 0.3) is 11.5 Å². The fourth-order valence-electron chi connectivity index (χ4n) is 2.81. The largest absolute Gasteiger partial charge is 0.352 e. The van der Waals surface area contributed by atoms with Crippen LogP contribution in [0.4, 0.5) is 11.5 Å². The molecule has 27 heavy (non-hydrogen) atoms. The third-order valence-electron chi connectivity index (χ3n) is 3.93. The number of halogens is 2. The van der Waals surface area contributed by atoms with Crippen molar-refractivity contribution in [1.82, 2.24) is 19.6 Å². The Morgan fingerprint density at radius 1 is 1.41 bits per heavy atom. The van der Waals surface area contributed by atoms with Gasteiger partial charge in [-0.1, -0.05) is 35.4 Å². The smallest absolute Gasteiger partial charge is 0.270 e. The van der Waals surface area contributed by atoms with Crippen LogP contribution in [-0.2, 0) is 0 Å². The Kier molecular flexibility index (Phi) is 5.29. The average molecular weight is 407 g/mol. The first kappa shape index (κ1) is 19.1. The molecule has 0 spiro atoms. The van der Waals surface area contributed by atoms with E-state index in [1.165, 1.54) is 18.5 Å². The van der Waals surface area contributed by atoms with Gasteiger partial charge >= 0.3 is 0 Å². The van der Waals surface area contributed by atoms with E-state index in [4.69, 9.17) is 23.2 Å². The molecule has 0 aliphatic carbocycles. The van der Waals surface area contributed by atoms with Crippen LogP contribution in [0.5, 0.6) is 0 Å². The molecule has 0 unspecified atom stereocenters. The molecule has 3 rings (SSSR count). The first-order chi connectivity index (χ1) is 12.8. The van der Waals surface area contributed by atoms with Crippen molar-refractivity contribution in [2.75, 3.05) is 18.0 Å². The first-order valence-corrected chi connectivity index (χ1v) is 8.82. The number of non-ortho nitro benzene ring substituents is 1. The van der Waals surface area contributed by atoms with Gasteiger partial charge in [0.15, 0.2) is 0 Å². The van der Waals surface area contributed by atoms with Crippen molar-refractivity contribution < 1.29 is 4.92 Å². The third kappa shape index (κ3) is 3.58. The minimum absolute atomic E-state index is 0.106. The van der Waals surface area contributed by atoms with Gasteiger partial charge in [-0.15, -0.1) is 0 Å². The number of anilines is 1. The quantitative estimate of drug-likeness (QED) is 0.260. The van der Waals surface area contributed by atoms with Crippen molar-refractivity contribution in [3.63, 3.8) is 0 Å². The summed E-state index contributed by atoms with van der Waals surface area (Å²) in [7, 11) is 0. The molecule has 0 bridgehead atoms. The molecule has 1 aromatic carbocycles. The molecule has 0 radical (unpaired) electrons. The summed E-state index contributed by atoms with van der Waals surface area (Å²) in [5, 5.41) is 15.7. The molecule has 0 fully saturated rings. The van der Waals surface area contributed by atoms with Gasteiger partial charge in [0, 0.05) is 30.8 Å². The van der Waals surface area contributed by atoms with Crippen molar-refractivity contribution in [3.8, 4) is 11.1 Å². The number of rotatable bonds is 6. The second-order valence-electron chi connectivity index (χ2n) is 5.97. The Balaban J connectivity index is 2.32. The van der Waals surface area contributed by atoms with Gasteiger partial charge in [0.1, 0.15) is 17.3 Å². The highest BCUT2D eigenvalue weighted by molar-refractivity contribution is 6.36. The number of likely N-dealkylation sites (N-methyl/N-ethyl adjacent to an activating group) is 1. The van der Waals surface area contributed by atoms with E-state index in [0.717, 1.165) is 5.57 Å². The van der Waals surface area contributed by atoms with Gasteiger partial charge in [-0.05, 0) is 19.9 Å². The standard InChI is InChI=1S/C17H16Cl2N6O2/c1-4-23(8-10(2)3)16-14(15(19)22-17-20-9-21-24(16)17)12-6-5-11(25(26)27)7-13(12)18/h5-7,9H,2,4,8H2,1,3H3. The summed E-state index contributed by atoms with van der Waals surface area (Å²) < 4.78 is 1.57. The van der Waals surface area contributed by atoms with Gasteiger partial charge in [0.2, 0.25) is 0 Å². The molecule has 0 aliphatic rings. The highest BCUT2D eigenvalue weighted by atomic mass is 35.5. The molecule has 0 N–H and O–H groups in total. The van der Waals surface area contributed by atoms with Crippen molar-refractivity contribution in [3.05, 3.63) is 57.0 Å². The summed E-state index contributed by atoms with van der Waals surface area (Å²) in [5.41, 5.74) is 1.88. The molecule has 3 aromatic rings. The lowest BCUT2D eigenvalue weighted by atomic mass is 10.1. The van der Waals surface area contributed by atoms with Gasteiger partial charge in [-0.2, -0.15) is 19.6 Å². The lowest BCUT2D eigenvalue weighted by Gasteiger charge is -2.26. The number of nitro benzene ring substituents is 1. The van der Waals surface area contributed by atoms with Gasteiger partial charge in [-0.25, -0.2) is 0 Å². The van der Waals surface area contributed by atoms with Crippen molar-refractivity contribution in [2.24, 2.45) is 0 Å². The number of fused-ring (bicyclic) bond motifs is 1. The van der Waals surface area contributed by atoms with Crippen LogP contribution in [0.25, 0.3) is 16.9 Å². The van der Waals surface area contributed by atoms with Crippen LogP contribution in [0.3, 0.4) is 0 Å². The summed E-state index contributed by atoms with van der Waals surface area (Å²) in [6, 6.07) is 4.23. The Hall–Kier alpha value is -2.71. The van der Waals surface area contributed by atoms with Crippen molar-refractivity contribution >= 4 is 40.5 Å². The van der Waals surface area contributed by atoms with Gasteiger partial charge in [-0.3, -0.25) is 10.1 Å². The maximum atomic E-state index is 11.0. The highest BCUT2D eigenvalue weighted by Crippen LogP contribution is 2.40. The summed E-state index contributed by atoms with van der Waals surface area (Å²) in [6.07, 6.45) is 1.39. The molecule has 2 heterocycles. The highest BCUT2D eigenvalue weighted by Gasteiger charge is 2.24. The van der Waals surface area contributed by atoms with E-state index in [9.17, 15) is 10.1 Å². The second kappa shape index (κ2) is 7.50. The number of benzene rings is 1. The number of nitro groups is 1. The fraction of sp³-hybridized carbons (Fsp3) is 0.235. The number of nitrogens with zero attached hydrogens (tertiary/aromatic N) is 6. The lowest BCUT2D eigenvalue weighted by molar-refractivity contribution is -0.384. The maximum absolute atomic E-state index is 11.0. The van der Waals surface area contributed by atoms with E-state index < -0.39 is 4.92 Å². The minimum atomic E-state index is -0.504. The van der Waals surface area contributed by atoms with Crippen LogP contribution in [0.1, 0.15) is 13.8 Å². The van der Waals surface area contributed by atoms with E-state index >= 15 is 0 Å². The minimum Gasteiger partial charge on any atom is -0.352 e. The number of hydrogen-bond acceptors (Lipinski definition) is 6. The predicted octanol–water partition coefficient (Wildman–Crippen LogP) is 4.41. The van der Waals surface area contributed by atoms with Crippen LogP contribution in [0.2, 0.25) is 10.2 Å². The SMILES string of the molecule is C=C(C)CN(CC)c1c(-c2ccc([N+](=O)[O-])cc2Cl)c(Cl)nc2ncnn12. The summed E-state index contributed by atoms with van der Waals surface area (Å²) in [6.45, 7) is 9.08. The molecular weight excluding hydrogens is 391 g/mol. The molecule has 0 atom stereocenters. The lowest BCUT2D eigenvalue weighted by Crippen LogP contribution is -2.28. The molecule has 0 amide bonds. The van der Waals surface area contributed by atoms with Crippen molar-refractivity contribution in [2.45, 2.75) is 13.8 Å². The van der Waals surface area contributed by atoms with Crippen LogP contribution in [-0.4, -0.2) is 37.6 Å². The van der Waals surface area contributed by atoms with E-state index in [1.807, 2.05) is 18.7 Å². The zero-order valence-electron chi connectivity index (χ0n) is 14.7. The molecular formula is C17H16Cl2N6O2. The Morgan fingerprint density at radius 3 is 2.74 bits per heavy atom. The molecule has 0 saturated heterocycles. The summed E-state index contributed by atoms with van der Waals surface area (Å²) in [4.78, 5) is 20.9. The van der Waals surface area contributed by atoms with Gasteiger partial charge < -0.3 is 4.90 Å². The number of aromatic nitrogens is 4. The predicted molar refractivity (Wildman–Crippen MR) is 106 cm³/mol. The normalized spacial score (nSPS) is 11.0. The molecule has 2 aromatic heterocycles. The molecule has 0 aliphatic heterocycles.